The van der Waals surface area contributed by atoms with Gasteiger partial charge >= 0.3 is 0 Å². The Morgan fingerprint density at radius 3 is 2.51 bits per heavy atom. The third-order valence-corrected chi connectivity index (χ3v) is 10.1. The van der Waals surface area contributed by atoms with Gasteiger partial charge in [0.15, 0.2) is 0 Å². The van der Waals surface area contributed by atoms with Gasteiger partial charge in [-0.25, -0.2) is 0 Å². The van der Waals surface area contributed by atoms with Gasteiger partial charge < -0.3 is 0 Å². The lowest BCUT2D eigenvalue weighted by atomic mass is 9.70. The third kappa shape index (κ3) is 5.22. The lowest BCUT2D eigenvalue weighted by Gasteiger charge is -2.34. The molecule has 37 heavy (non-hydrogen) atoms. The lowest BCUT2D eigenvalue weighted by molar-refractivity contribution is 0.410. The molecule has 194 valence electrons. The van der Waals surface area contributed by atoms with Crippen LogP contribution in [0.15, 0.2) is 107 Å². The first kappa shape index (κ1) is 26.0. The molecule has 0 radical (unpaired) electrons. The summed E-state index contributed by atoms with van der Waals surface area (Å²) in [7, 11) is 0. The molecule has 0 heteroatoms. The summed E-state index contributed by atoms with van der Waals surface area (Å²) in [5.41, 5.74) is 10.7. The quantitative estimate of drug-likeness (QED) is 0.263. The van der Waals surface area contributed by atoms with Gasteiger partial charge in [-0.3, -0.25) is 0 Å². The molecule has 5 rings (SSSR count). The highest BCUT2D eigenvalue weighted by atomic mass is 14.6. The number of rotatable bonds is 7. The van der Waals surface area contributed by atoms with E-state index in [4.69, 9.17) is 0 Å². The van der Waals surface area contributed by atoms with E-state index in [0.717, 1.165) is 18.8 Å². The zero-order valence-corrected chi connectivity index (χ0v) is 23.6. The second-order valence-electron chi connectivity index (χ2n) is 12.2. The molecule has 0 saturated heterocycles. The fourth-order valence-corrected chi connectivity index (χ4v) is 7.59. The standard InChI is InChI=1S/C37H46/c1-6-29(7-2)18-23-34-28(5)36-25-37(36,33-21-16-26(3)17-22-33)24-35(34)32-15-11-10-14-31(19-20-32)27(4)30-12-8-9-13-30/h6-7,11,14-18,20-23,27,30,35-36H,1,8-10,12-13,19,24-25H2,2-5H3/b15-11-,23-18-,29-7+,31-14+,32-20+. The summed E-state index contributed by atoms with van der Waals surface area (Å²) in [6.07, 6.45) is 29.2. The molecule has 0 N–H and O–H groups in total. The van der Waals surface area contributed by atoms with Crippen molar-refractivity contribution in [1.82, 2.24) is 0 Å². The monoisotopic (exact) mass is 490 g/mol. The van der Waals surface area contributed by atoms with Crippen molar-refractivity contribution in [2.24, 2.45) is 23.7 Å². The van der Waals surface area contributed by atoms with Gasteiger partial charge in [-0.15, -0.1) is 0 Å². The average Bonchev–Trinajstić information content (AvgIpc) is 3.38. The van der Waals surface area contributed by atoms with Gasteiger partial charge in [0.2, 0.25) is 0 Å². The largest absolute Gasteiger partial charge is 0.0985 e. The van der Waals surface area contributed by atoms with Crippen LogP contribution in [0.2, 0.25) is 0 Å². The van der Waals surface area contributed by atoms with Crippen molar-refractivity contribution in [3.05, 3.63) is 118 Å². The minimum Gasteiger partial charge on any atom is -0.0985 e. The molecule has 2 fully saturated rings. The molecule has 0 aliphatic heterocycles. The first-order chi connectivity index (χ1) is 18.0. The third-order valence-electron chi connectivity index (χ3n) is 10.1. The average molecular weight is 491 g/mol. The zero-order valence-electron chi connectivity index (χ0n) is 23.6. The van der Waals surface area contributed by atoms with E-state index in [1.165, 1.54) is 60.8 Å². The number of allylic oxidation sites excluding steroid dienone is 13. The highest BCUT2D eigenvalue weighted by Gasteiger charge is 2.59. The normalized spacial score (nSPS) is 33.1. The summed E-state index contributed by atoms with van der Waals surface area (Å²) >= 11 is 0. The molecule has 1 aromatic carbocycles. The van der Waals surface area contributed by atoms with Gasteiger partial charge in [0, 0.05) is 11.3 Å². The summed E-state index contributed by atoms with van der Waals surface area (Å²) in [5.74, 6) is 2.71. The van der Waals surface area contributed by atoms with Crippen molar-refractivity contribution < 1.29 is 0 Å². The van der Waals surface area contributed by atoms with Crippen LogP contribution in [-0.2, 0) is 5.41 Å². The maximum atomic E-state index is 4.02. The highest BCUT2D eigenvalue weighted by Crippen LogP contribution is 2.66. The van der Waals surface area contributed by atoms with E-state index in [9.17, 15) is 0 Å². The second kappa shape index (κ2) is 11.0. The molecule has 0 nitrogen and oxygen atoms in total. The number of aryl methyl sites for hydroxylation is 1. The fourth-order valence-electron chi connectivity index (χ4n) is 7.59. The minimum atomic E-state index is 0.300. The molecule has 0 heterocycles. The van der Waals surface area contributed by atoms with Crippen LogP contribution >= 0.6 is 0 Å². The van der Waals surface area contributed by atoms with E-state index < -0.39 is 0 Å². The number of benzene rings is 1. The molecule has 4 aliphatic carbocycles. The first-order valence-corrected chi connectivity index (χ1v) is 14.8. The van der Waals surface area contributed by atoms with Crippen LogP contribution in [-0.4, -0.2) is 0 Å². The SMILES string of the molecule is C=CC(/C=C\C1=C(C)C2CC2(c2ccc(C)cc2)CC1C1=C/C/C(C(C)C2CCCC2)=C\C/C=C\1)=C\C. The van der Waals surface area contributed by atoms with Gasteiger partial charge in [0.1, 0.15) is 0 Å². The Labute approximate surface area is 226 Å². The van der Waals surface area contributed by atoms with Crippen LogP contribution in [0.5, 0.6) is 0 Å². The molecular formula is C37H46. The van der Waals surface area contributed by atoms with Gasteiger partial charge in [0.25, 0.3) is 0 Å². The maximum Gasteiger partial charge on any atom is 0.00944 e. The Morgan fingerprint density at radius 1 is 1.05 bits per heavy atom. The second-order valence-corrected chi connectivity index (χ2v) is 12.2. The molecule has 0 aromatic heterocycles. The Bertz CT molecular complexity index is 1180. The Balaban J connectivity index is 1.50. The Kier molecular flexibility index (Phi) is 7.75. The molecule has 0 amide bonds. The van der Waals surface area contributed by atoms with Crippen LogP contribution in [0.1, 0.15) is 83.3 Å². The maximum absolute atomic E-state index is 4.02. The van der Waals surface area contributed by atoms with E-state index in [1.54, 1.807) is 16.7 Å². The highest BCUT2D eigenvalue weighted by molar-refractivity contribution is 5.52. The van der Waals surface area contributed by atoms with Gasteiger partial charge in [-0.05, 0) is 99.3 Å². The number of hydrogen-bond donors (Lipinski definition) is 0. The van der Waals surface area contributed by atoms with E-state index in [1.807, 2.05) is 6.08 Å². The molecule has 4 aliphatic rings. The smallest absolute Gasteiger partial charge is 0.00944 e. The summed E-state index contributed by atoms with van der Waals surface area (Å²) in [6, 6.07) is 9.43. The molecule has 4 atom stereocenters. The minimum absolute atomic E-state index is 0.300. The van der Waals surface area contributed by atoms with E-state index in [0.29, 0.717) is 23.2 Å². The number of hydrogen-bond acceptors (Lipinski definition) is 0. The van der Waals surface area contributed by atoms with Crippen molar-refractivity contribution in [3.8, 4) is 0 Å². The van der Waals surface area contributed by atoms with Gasteiger partial charge in [-0.1, -0.05) is 116 Å². The summed E-state index contributed by atoms with van der Waals surface area (Å²) in [6.45, 7) is 13.2. The molecule has 0 spiro atoms. The predicted molar refractivity (Wildman–Crippen MR) is 161 cm³/mol. The molecule has 4 unspecified atom stereocenters. The van der Waals surface area contributed by atoms with Crippen molar-refractivity contribution in [1.29, 1.82) is 0 Å². The lowest BCUT2D eigenvalue weighted by Crippen LogP contribution is -2.24. The first-order valence-electron chi connectivity index (χ1n) is 14.8. The van der Waals surface area contributed by atoms with Crippen LogP contribution in [0.3, 0.4) is 0 Å². The van der Waals surface area contributed by atoms with Crippen LogP contribution in [0.25, 0.3) is 0 Å². The molecular weight excluding hydrogens is 444 g/mol. The van der Waals surface area contributed by atoms with Gasteiger partial charge in [0.05, 0.1) is 0 Å². The van der Waals surface area contributed by atoms with E-state index in [-0.39, 0.29) is 0 Å². The fraction of sp³-hybridized carbons (Fsp3) is 0.459. The topological polar surface area (TPSA) is 0 Å². The Morgan fingerprint density at radius 2 is 1.81 bits per heavy atom. The van der Waals surface area contributed by atoms with Crippen LogP contribution in [0, 0.1) is 30.6 Å². The van der Waals surface area contributed by atoms with E-state index >= 15 is 0 Å². The summed E-state index contributed by atoms with van der Waals surface area (Å²) in [4.78, 5) is 0. The van der Waals surface area contributed by atoms with E-state index in [2.05, 4.69) is 101 Å². The van der Waals surface area contributed by atoms with Crippen molar-refractivity contribution in [2.75, 3.05) is 0 Å². The zero-order chi connectivity index (χ0) is 26.0. The Hall–Kier alpha value is -2.60. The summed E-state index contributed by atoms with van der Waals surface area (Å²) < 4.78 is 0. The molecule has 1 aromatic rings. The van der Waals surface area contributed by atoms with Crippen LogP contribution < -0.4 is 0 Å². The van der Waals surface area contributed by atoms with Crippen molar-refractivity contribution in [3.63, 3.8) is 0 Å². The van der Waals surface area contributed by atoms with Gasteiger partial charge in [-0.2, -0.15) is 0 Å². The molecule has 2 saturated carbocycles. The number of fused-ring (bicyclic) bond motifs is 1. The predicted octanol–water partition coefficient (Wildman–Crippen LogP) is 10.3. The van der Waals surface area contributed by atoms with Crippen LogP contribution in [0.4, 0.5) is 0 Å². The summed E-state index contributed by atoms with van der Waals surface area (Å²) in [5, 5.41) is 0. The molecule has 0 bridgehead atoms. The van der Waals surface area contributed by atoms with Crippen molar-refractivity contribution >= 4 is 0 Å². The van der Waals surface area contributed by atoms with Crippen molar-refractivity contribution in [2.45, 2.75) is 84.5 Å².